The number of para-hydroxylation sites is 3. The normalized spacial score (nSPS) is 11.3. The van der Waals surface area contributed by atoms with Crippen LogP contribution in [0.25, 0.3) is 55.0 Å². The van der Waals surface area contributed by atoms with Gasteiger partial charge in [-0.1, -0.05) is 158 Å². The molecule has 0 bridgehead atoms. The number of hydrogen-bond donors (Lipinski definition) is 0. The van der Waals surface area contributed by atoms with Crippen LogP contribution in [0, 0.1) is 0 Å². The lowest BCUT2D eigenvalue weighted by atomic mass is 10.00. The molecule has 3 heteroatoms. The van der Waals surface area contributed by atoms with E-state index in [0.717, 1.165) is 89.1 Å². The quantitative estimate of drug-likeness (QED) is 0.157. The lowest BCUT2D eigenvalue weighted by molar-refractivity contribution is 0.673. The van der Waals surface area contributed by atoms with Gasteiger partial charge in [-0.3, -0.25) is 0 Å². The first-order chi connectivity index (χ1) is 27.3. The van der Waals surface area contributed by atoms with Crippen LogP contribution >= 0.6 is 0 Å². The number of furan rings is 1. The Kier molecular flexibility index (Phi) is 8.16. The van der Waals surface area contributed by atoms with E-state index in [-0.39, 0.29) is 0 Å². The molecule has 0 spiro atoms. The van der Waals surface area contributed by atoms with Crippen molar-refractivity contribution in [3.8, 4) is 22.3 Å². The van der Waals surface area contributed by atoms with E-state index in [4.69, 9.17) is 4.42 Å². The Morgan fingerprint density at radius 2 is 0.855 bits per heavy atom. The zero-order chi connectivity index (χ0) is 36.6. The molecule has 0 amide bonds. The van der Waals surface area contributed by atoms with Crippen molar-refractivity contribution >= 4 is 66.8 Å². The van der Waals surface area contributed by atoms with Crippen LogP contribution in [0.3, 0.4) is 0 Å². The molecule has 0 N–H and O–H groups in total. The average Bonchev–Trinajstić information content (AvgIpc) is 3.66. The molecule has 9 aromatic carbocycles. The summed E-state index contributed by atoms with van der Waals surface area (Å²) in [6, 6.07) is 77.4. The van der Waals surface area contributed by atoms with Crippen LogP contribution in [0.2, 0.25) is 0 Å². The highest BCUT2D eigenvalue weighted by molar-refractivity contribution is 6.19. The second-order valence-corrected chi connectivity index (χ2v) is 13.7. The molecular formula is C52H36N2O. The van der Waals surface area contributed by atoms with Gasteiger partial charge in [-0.05, 0) is 82.7 Å². The molecule has 55 heavy (non-hydrogen) atoms. The summed E-state index contributed by atoms with van der Waals surface area (Å²) in [4.78, 5) is 4.76. The van der Waals surface area contributed by atoms with Crippen LogP contribution in [0.4, 0.5) is 34.1 Å². The number of anilines is 6. The summed E-state index contributed by atoms with van der Waals surface area (Å²) in [5.41, 5.74) is 12.4. The van der Waals surface area contributed by atoms with E-state index in [1.165, 1.54) is 0 Å². The number of rotatable bonds is 8. The van der Waals surface area contributed by atoms with Gasteiger partial charge >= 0.3 is 0 Å². The molecule has 0 aliphatic carbocycles. The maximum Gasteiger partial charge on any atom is 0.161 e. The summed E-state index contributed by atoms with van der Waals surface area (Å²) in [5.74, 6) is 0. The number of nitrogens with zero attached hydrogens (tertiary/aromatic N) is 2. The topological polar surface area (TPSA) is 19.6 Å². The van der Waals surface area contributed by atoms with Crippen molar-refractivity contribution in [3.05, 3.63) is 218 Å². The standard InChI is InChI=1S/C52H36N2O/c1-5-18-37(19-6-1)40-23-17-28-43(36-40)53(41-24-9-3-10-25-41)50-49(35-34-47-46-33-32-39-22-13-14-30-45(39)51(46)55-52(47)50)54(42-26-11-4-12-27-42)48-31-16-15-29-44(48)38-20-7-2-8-21-38/h1-36H. The van der Waals surface area contributed by atoms with Gasteiger partial charge in [-0.15, -0.1) is 0 Å². The minimum atomic E-state index is 0.816. The number of hydrogen-bond acceptors (Lipinski definition) is 3. The Morgan fingerprint density at radius 3 is 1.60 bits per heavy atom. The molecule has 1 aromatic heterocycles. The highest BCUT2D eigenvalue weighted by Crippen LogP contribution is 2.52. The molecule has 0 radical (unpaired) electrons. The third-order valence-corrected chi connectivity index (χ3v) is 10.4. The van der Waals surface area contributed by atoms with E-state index in [2.05, 4.69) is 228 Å². The van der Waals surface area contributed by atoms with Crippen molar-refractivity contribution in [1.29, 1.82) is 0 Å². The lowest BCUT2D eigenvalue weighted by Gasteiger charge is -2.34. The van der Waals surface area contributed by atoms with Crippen molar-refractivity contribution < 1.29 is 4.42 Å². The van der Waals surface area contributed by atoms with Crippen LogP contribution in [-0.4, -0.2) is 0 Å². The molecule has 0 aliphatic heterocycles. The molecule has 0 atom stereocenters. The third kappa shape index (κ3) is 5.80. The fourth-order valence-corrected chi connectivity index (χ4v) is 7.89. The molecule has 1 heterocycles. The Bertz CT molecular complexity index is 2920. The second kappa shape index (κ2) is 13.9. The molecule has 10 rings (SSSR count). The molecule has 0 unspecified atom stereocenters. The number of benzene rings is 9. The highest BCUT2D eigenvalue weighted by Gasteiger charge is 2.29. The maximum atomic E-state index is 7.24. The van der Waals surface area contributed by atoms with Crippen LogP contribution in [0.5, 0.6) is 0 Å². The number of fused-ring (bicyclic) bond motifs is 5. The monoisotopic (exact) mass is 704 g/mol. The third-order valence-electron chi connectivity index (χ3n) is 10.4. The molecule has 0 saturated carbocycles. The summed E-state index contributed by atoms with van der Waals surface area (Å²) in [6.07, 6.45) is 0. The Balaban J connectivity index is 1.34. The van der Waals surface area contributed by atoms with Gasteiger partial charge in [0.25, 0.3) is 0 Å². The first-order valence-electron chi connectivity index (χ1n) is 18.7. The fourth-order valence-electron chi connectivity index (χ4n) is 7.89. The van der Waals surface area contributed by atoms with Crippen molar-refractivity contribution in [1.82, 2.24) is 0 Å². The van der Waals surface area contributed by atoms with Crippen molar-refractivity contribution in [3.63, 3.8) is 0 Å². The Morgan fingerprint density at radius 1 is 0.309 bits per heavy atom. The molecule has 0 aliphatic rings. The first-order valence-corrected chi connectivity index (χ1v) is 18.7. The van der Waals surface area contributed by atoms with E-state index >= 15 is 0 Å². The highest BCUT2D eigenvalue weighted by atomic mass is 16.3. The van der Waals surface area contributed by atoms with Gasteiger partial charge in [0, 0.05) is 38.8 Å². The zero-order valence-electron chi connectivity index (χ0n) is 30.1. The predicted molar refractivity (Wildman–Crippen MR) is 231 cm³/mol. The van der Waals surface area contributed by atoms with Gasteiger partial charge in [0.2, 0.25) is 0 Å². The largest absolute Gasteiger partial charge is 0.453 e. The Hall–Kier alpha value is -7.36. The van der Waals surface area contributed by atoms with Crippen molar-refractivity contribution in [2.24, 2.45) is 0 Å². The SMILES string of the molecule is c1ccc(-c2cccc(N(c3ccccc3)c3c(N(c4ccccc4)c4ccccc4-c4ccccc4)ccc4c3oc3c5ccccc5ccc43)c2)cc1. The molecule has 0 fully saturated rings. The first kappa shape index (κ1) is 32.3. The van der Waals surface area contributed by atoms with E-state index in [9.17, 15) is 0 Å². The fraction of sp³-hybridized carbons (Fsp3) is 0. The zero-order valence-corrected chi connectivity index (χ0v) is 30.1. The summed E-state index contributed by atoms with van der Waals surface area (Å²) in [6.45, 7) is 0. The summed E-state index contributed by atoms with van der Waals surface area (Å²) >= 11 is 0. The maximum absolute atomic E-state index is 7.24. The van der Waals surface area contributed by atoms with Gasteiger partial charge in [0.1, 0.15) is 11.3 Å². The molecule has 10 aromatic rings. The van der Waals surface area contributed by atoms with E-state index in [0.29, 0.717) is 0 Å². The summed E-state index contributed by atoms with van der Waals surface area (Å²) < 4.78 is 7.24. The minimum Gasteiger partial charge on any atom is -0.453 e. The van der Waals surface area contributed by atoms with Gasteiger partial charge in [-0.2, -0.15) is 0 Å². The molecule has 3 nitrogen and oxygen atoms in total. The van der Waals surface area contributed by atoms with Crippen LogP contribution in [0.1, 0.15) is 0 Å². The van der Waals surface area contributed by atoms with Gasteiger partial charge in [0.15, 0.2) is 5.58 Å². The molecular weight excluding hydrogens is 669 g/mol. The molecule has 0 saturated heterocycles. The van der Waals surface area contributed by atoms with Crippen LogP contribution in [0.15, 0.2) is 223 Å². The van der Waals surface area contributed by atoms with Crippen molar-refractivity contribution in [2.45, 2.75) is 0 Å². The van der Waals surface area contributed by atoms with E-state index in [1.54, 1.807) is 0 Å². The van der Waals surface area contributed by atoms with Gasteiger partial charge in [0.05, 0.1) is 11.4 Å². The van der Waals surface area contributed by atoms with Gasteiger partial charge < -0.3 is 14.2 Å². The predicted octanol–water partition coefficient (Wildman–Crippen LogP) is 15.0. The smallest absolute Gasteiger partial charge is 0.161 e. The van der Waals surface area contributed by atoms with Gasteiger partial charge in [-0.25, -0.2) is 0 Å². The molecule has 260 valence electrons. The summed E-state index contributed by atoms with van der Waals surface area (Å²) in [5, 5.41) is 4.39. The average molecular weight is 705 g/mol. The lowest BCUT2D eigenvalue weighted by Crippen LogP contribution is -2.17. The Labute approximate surface area is 320 Å². The van der Waals surface area contributed by atoms with Crippen LogP contribution in [-0.2, 0) is 0 Å². The summed E-state index contributed by atoms with van der Waals surface area (Å²) in [7, 11) is 0. The minimum absolute atomic E-state index is 0.816. The van der Waals surface area contributed by atoms with Crippen molar-refractivity contribution in [2.75, 3.05) is 9.80 Å². The van der Waals surface area contributed by atoms with E-state index in [1.807, 2.05) is 0 Å². The second-order valence-electron chi connectivity index (χ2n) is 13.7. The van der Waals surface area contributed by atoms with Crippen LogP contribution < -0.4 is 9.80 Å². The van der Waals surface area contributed by atoms with E-state index < -0.39 is 0 Å².